The zero-order valence-corrected chi connectivity index (χ0v) is 20.0. The third-order valence-electron chi connectivity index (χ3n) is 8.57. The first-order chi connectivity index (χ1) is 15.2. The highest BCUT2D eigenvalue weighted by Crippen LogP contribution is 2.45. The van der Waals surface area contributed by atoms with Crippen molar-refractivity contribution >= 4 is 10.8 Å². The van der Waals surface area contributed by atoms with Crippen molar-refractivity contribution in [3.05, 3.63) is 47.3 Å². The molecule has 0 spiro atoms. The van der Waals surface area contributed by atoms with E-state index in [9.17, 15) is 0 Å². The van der Waals surface area contributed by atoms with Crippen LogP contribution in [0.3, 0.4) is 0 Å². The van der Waals surface area contributed by atoms with Gasteiger partial charge in [0.2, 0.25) is 0 Å². The van der Waals surface area contributed by atoms with Crippen molar-refractivity contribution in [1.82, 2.24) is 0 Å². The van der Waals surface area contributed by atoms with Crippen molar-refractivity contribution in [2.75, 3.05) is 0 Å². The van der Waals surface area contributed by atoms with Crippen LogP contribution >= 0.6 is 0 Å². The number of unbranched alkanes of at least 4 members (excludes halogenated alkanes) is 2. The molecule has 170 valence electrons. The van der Waals surface area contributed by atoms with Gasteiger partial charge in [0.15, 0.2) is 0 Å². The fraction of sp³-hybridized carbons (Fsp3) is 0.667. The molecule has 0 atom stereocenters. The molecule has 2 saturated carbocycles. The lowest BCUT2D eigenvalue weighted by molar-refractivity contribution is 0.155. The van der Waals surface area contributed by atoms with Crippen LogP contribution in [0, 0.1) is 23.6 Å². The maximum absolute atomic E-state index is 15.4. The van der Waals surface area contributed by atoms with Gasteiger partial charge in [0, 0.05) is 5.39 Å². The molecule has 0 radical (unpaired) electrons. The standard InChI is InChI=1S/C30H43F/c1-3-5-6-8-22-9-12-24(13-10-22)25-14-16-26(17-15-25)28-20-18-27-21-23(7-4-2)11-19-29(27)30(28)31/h11,18-22,24-26H,3-10,12-17H2,1-2H3. The molecule has 0 aliphatic heterocycles. The van der Waals surface area contributed by atoms with E-state index in [4.69, 9.17) is 0 Å². The average Bonchev–Trinajstić information content (AvgIpc) is 2.80. The molecular weight excluding hydrogens is 379 g/mol. The zero-order chi connectivity index (χ0) is 21.6. The van der Waals surface area contributed by atoms with Gasteiger partial charge in [0.1, 0.15) is 5.82 Å². The van der Waals surface area contributed by atoms with Crippen molar-refractivity contribution < 1.29 is 4.39 Å². The lowest BCUT2D eigenvalue weighted by atomic mass is 9.68. The normalized spacial score (nSPS) is 26.9. The Hall–Kier alpha value is -1.37. The van der Waals surface area contributed by atoms with Gasteiger partial charge in [0.25, 0.3) is 0 Å². The van der Waals surface area contributed by atoms with Gasteiger partial charge in [-0.3, -0.25) is 0 Å². The first-order valence-corrected chi connectivity index (χ1v) is 13.4. The van der Waals surface area contributed by atoms with Gasteiger partial charge in [-0.25, -0.2) is 4.39 Å². The molecule has 2 aromatic rings. The summed E-state index contributed by atoms with van der Waals surface area (Å²) in [5, 5.41) is 1.89. The zero-order valence-electron chi connectivity index (χ0n) is 20.0. The second-order valence-electron chi connectivity index (χ2n) is 10.7. The second kappa shape index (κ2) is 11.0. The summed E-state index contributed by atoms with van der Waals surface area (Å²) < 4.78 is 15.4. The summed E-state index contributed by atoms with van der Waals surface area (Å²) in [5.74, 6) is 3.32. The van der Waals surface area contributed by atoms with Crippen molar-refractivity contribution in [3.63, 3.8) is 0 Å². The van der Waals surface area contributed by atoms with Crippen LogP contribution in [0.15, 0.2) is 30.3 Å². The number of rotatable bonds is 8. The summed E-state index contributed by atoms with van der Waals surface area (Å²) in [5.41, 5.74) is 2.30. The fourth-order valence-corrected chi connectivity index (χ4v) is 6.65. The molecule has 2 aromatic carbocycles. The molecule has 2 fully saturated rings. The van der Waals surface area contributed by atoms with Crippen LogP contribution in [-0.4, -0.2) is 0 Å². The largest absolute Gasteiger partial charge is 0.206 e. The average molecular weight is 423 g/mol. The minimum atomic E-state index is 0.0524. The molecule has 2 aliphatic carbocycles. The maximum atomic E-state index is 15.4. The first kappa shape index (κ1) is 22.8. The molecule has 0 aromatic heterocycles. The molecule has 31 heavy (non-hydrogen) atoms. The van der Waals surface area contributed by atoms with Gasteiger partial charge in [-0.1, -0.05) is 89.1 Å². The summed E-state index contributed by atoms with van der Waals surface area (Å²) in [6.07, 6.45) is 18.7. The predicted octanol–water partition coefficient (Wildman–Crippen LogP) is 9.59. The minimum Gasteiger partial charge on any atom is -0.206 e. The van der Waals surface area contributed by atoms with E-state index < -0.39 is 0 Å². The van der Waals surface area contributed by atoms with E-state index in [0.717, 1.165) is 46.9 Å². The highest BCUT2D eigenvalue weighted by atomic mass is 19.1. The highest BCUT2D eigenvalue weighted by molar-refractivity contribution is 5.84. The van der Waals surface area contributed by atoms with Crippen LogP contribution in [0.1, 0.15) is 114 Å². The Morgan fingerprint density at radius 2 is 1.48 bits per heavy atom. The first-order valence-electron chi connectivity index (χ1n) is 13.4. The maximum Gasteiger partial charge on any atom is 0.134 e. The molecule has 0 bridgehead atoms. The topological polar surface area (TPSA) is 0 Å². The second-order valence-corrected chi connectivity index (χ2v) is 10.7. The van der Waals surface area contributed by atoms with Gasteiger partial charge in [-0.15, -0.1) is 0 Å². The van der Waals surface area contributed by atoms with E-state index in [-0.39, 0.29) is 5.82 Å². The van der Waals surface area contributed by atoms with Crippen molar-refractivity contribution in [2.45, 2.75) is 110 Å². The number of benzene rings is 2. The summed E-state index contributed by atoms with van der Waals surface area (Å²) >= 11 is 0. The fourth-order valence-electron chi connectivity index (χ4n) is 6.65. The van der Waals surface area contributed by atoms with Crippen molar-refractivity contribution in [2.24, 2.45) is 17.8 Å². The number of hydrogen-bond donors (Lipinski definition) is 0. The molecule has 0 nitrogen and oxygen atoms in total. The summed E-state index contributed by atoms with van der Waals surface area (Å²) in [7, 11) is 0. The van der Waals surface area contributed by atoms with Gasteiger partial charge < -0.3 is 0 Å². The predicted molar refractivity (Wildman–Crippen MR) is 132 cm³/mol. The summed E-state index contributed by atoms with van der Waals surface area (Å²) in [6, 6.07) is 10.6. The number of hydrogen-bond acceptors (Lipinski definition) is 0. The van der Waals surface area contributed by atoms with Crippen LogP contribution in [0.2, 0.25) is 0 Å². The molecule has 0 unspecified atom stereocenters. The Balaban J connectivity index is 1.32. The van der Waals surface area contributed by atoms with Crippen molar-refractivity contribution in [3.8, 4) is 0 Å². The van der Waals surface area contributed by atoms with Crippen LogP contribution < -0.4 is 0 Å². The van der Waals surface area contributed by atoms with Crippen LogP contribution in [-0.2, 0) is 6.42 Å². The third kappa shape index (κ3) is 5.52. The van der Waals surface area contributed by atoms with E-state index >= 15 is 4.39 Å². The van der Waals surface area contributed by atoms with Crippen molar-refractivity contribution in [1.29, 1.82) is 0 Å². The summed E-state index contributed by atoms with van der Waals surface area (Å²) in [4.78, 5) is 0. The van der Waals surface area contributed by atoms with Crippen LogP contribution in [0.25, 0.3) is 10.8 Å². The van der Waals surface area contributed by atoms with Gasteiger partial charge in [-0.2, -0.15) is 0 Å². The molecule has 0 heterocycles. The Morgan fingerprint density at radius 1 is 0.774 bits per heavy atom. The smallest absolute Gasteiger partial charge is 0.134 e. The Labute approximate surface area is 190 Å². The Morgan fingerprint density at radius 3 is 2.16 bits per heavy atom. The quantitative estimate of drug-likeness (QED) is 0.371. The summed E-state index contributed by atoms with van der Waals surface area (Å²) in [6.45, 7) is 4.50. The number of aryl methyl sites for hydroxylation is 1. The number of halogens is 1. The lowest BCUT2D eigenvalue weighted by Crippen LogP contribution is -2.25. The Kier molecular flexibility index (Phi) is 8.07. The minimum absolute atomic E-state index is 0.0524. The Bertz CT molecular complexity index is 822. The van der Waals surface area contributed by atoms with Gasteiger partial charge in [-0.05, 0) is 85.1 Å². The lowest BCUT2D eigenvalue weighted by Gasteiger charge is -2.38. The molecular formula is C30H43F. The van der Waals surface area contributed by atoms with Crippen LogP contribution in [0.5, 0.6) is 0 Å². The number of fused-ring (bicyclic) bond motifs is 1. The van der Waals surface area contributed by atoms with E-state index in [1.165, 1.54) is 82.6 Å². The van der Waals surface area contributed by atoms with E-state index in [0.29, 0.717) is 5.92 Å². The third-order valence-corrected chi connectivity index (χ3v) is 8.57. The van der Waals surface area contributed by atoms with Crippen LogP contribution in [0.4, 0.5) is 4.39 Å². The molecule has 0 amide bonds. The van der Waals surface area contributed by atoms with Gasteiger partial charge >= 0.3 is 0 Å². The molecule has 2 aliphatic rings. The van der Waals surface area contributed by atoms with E-state index in [1.807, 2.05) is 6.07 Å². The molecule has 0 N–H and O–H groups in total. The molecule has 0 saturated heterocycles. The SMILES string of the molecule is CCCCCC1CCC(C2CCC(c3ccc4cc(CCC)ccc4c3F)CC2)CC1. The monoisotopic (exact) mass is 422 g/mol. The molecule has 4 rings (SSSR count). The van der Waals surface area contributed by atoms with E-state index in [2.05, 4.69) is 38.1 Å². The van der Waals surface area contributed by atoms with E-state index in [1.54, 1.807) is 0 Å². The molecule has 1 heteroatoms. The van der Waals surface area contributed by atoms with Gasteiger partial charge in [0.05, 0.1) is 0 Å². The highest BCUT2D eigenvalue weighted by Gasteiger charge is 2.32.